The number of fused-ring (bicyclic) bond motifs is 1. The number of anilines is 1. The van der Waals surface area contributed by atoms with Gasteiger partial charge in [0.25, 0.3) is 5.56 Å². The summed E-state index contributed by atoms with van der Waals surface area (Å²) in [4.78, 5) is 45.2. The third-order valence-electron chi connectivity index (χ3n) is 3.71. The molecule has 4 atom stereocenters. The third kappa shape index (κ3) is 2.73. The highest BCUT2D eigenvalue weighted by Crippen LogP contribution is 2.53. The number of aliphatic hydroxyl groups excluding tert-OH is 1. The van der Waals surface area contributed by atoms with Crippen LogP contribution in [-0.4, -0.2) is 58.9 Å². The van der Waals surface area contributed by atoms with E-state index in [1.807, 2.05) is 0 Å². The van der Waals surface area contributed by atoms with Crippen LogP contribution in [0.1, 0.15) is 6.23 Å². The summed E-state index contributed by atoms with van der Waals surface area (Å²) < 4.78 is 19.7. The van der Waals surface area contributed by atoms with Crippen LogP contribution in [0, 0.1) is 0 Å². The van der Waals surface area contributed by atoms with Gasteiger partial charge in [-0.15, -0.1) is 0 Å². The number of nitrogens with one attached hydrogen (secondary N) is 1. The van der Waals surface area contributed by atoms with Gasteiger partial charge < -0.3 is 25.4 Å². The van der Waals surface area contributed by atoms with Crippen LogP contribution in [0.2, 0.25) is 0 Å². The molecule has 0 amide bonds. The van der Waals surface area contributed by atoms with Crippen LogP contribution in [-0.2, 0) is 21.5 Å². The number of H-pyrrole nitrogens is 1. The van der Waals surface area contributed by atoms with Crippen LogP contribution in [0.15, 0.2) is 11.1 Å². The van der Waals surface area contributed by atoms with Crippen molar-refractivity contribution < 1.29 is 29.1 Å². The maximum Gasteiger partial charge on any atom is 0.280 e. The summed E-state index contributed by atoms with van der Waals surface area (Å²) >= 11 is 4.62. The first-order valence-electron chi connectivity index (χ1n) is 6.59. The highest BCUT2D eigenvalue weighted by Gasteiger charge is 2.53. The minimum absolute atomic E-state index is 0.0233. The van der Waals surface area contributed by atoms with E-state index < -0.39 is 42.8 Å². The number of nitrogen functional groups attached to an aromatic ring is 1. The highest BCUT2D eigenvalue weighted by atomic mass is 32.5. The summed E-state index contributed by atoms with van der Waals surface area (Å²) in [7, 11) is 0. The Bertz CT molecular complexity index is 869. The Morgan fingerprint density at radius 2 is 2.29 bits per heavy atom. The lowest BCUT2D eigenvalue weighted by atomic mass is 10.2. The fourth-order valence-corrected chi connectivity index (χ4v) is 4.67. The van der Waals surface area contributed by atoms with Gasteiger partial charge in [0.05, 0.1) is 24.7 Å². The lowest BCUT2D eigenvalue weighted by molar-refractivity contribution is -0.204. The predicted octanol–water partition coefficient (Wildman–Crippen LogP) is -1.48. The van der Waals surface area contributed by atoms with Crippen LogP contribution in [0.25, 0.3) is 11.2 Å². The van der Waals surface area contributed by atoms with E-state index in [9.17, 15) is 24.2 Å². The lowest BCUT2D eigenvalue weighted by Crippen LogP contribution is -2.34. The van der Waals surface area contributed by atoms with Crippen LogP contribution in [0.4, 0.5) is 10.5 Å². The van der Waals surface area contributed by atoms with Gasteiger partial charge in [-0.3, -0.25) is 14.3 Å². The molecule has 132 valence electrons. The van der Waals surface area contributed by atoms with Crippen LogP contribution < -0.4 is 11.3 Å². The molecule has 0 aliphatic carbocycles. The van der Waals surface area contributed by atoms with E-state index in [0.717, 1.165) is 10.9 Å². The van der Waals surface area contributed by atoms with Crippen molar-refractivity contribution in [2.45, 2.75) is 24.1 Å². The largest absolute Gasteiger partial charge is 0.394 e. The number of halogens is 1. The monoisotopic (exact) mass is 381 g/mol. The number of ether oxygens (including phenoxy) is 1. The Morgan fingerprint density at radius 1 is 1.58 bits per heavy atom. The van der Waals surface area contributed by atoms with Gasteiger partial charge >= 0.3 is 0 Å². The first-order valence-corrected chi connectivity index (χ1v) is 9.37. The summed E-state index contributed by atoms with van der Waals surface area (Å²) in [5, 5.41) is 9.36. The molecule has 1 saturated heterocycles. The van der Waals surface area contributed by atoms with Crippen molar-refractivity contribution in [3.05, 3.63) is 16.7 Å². The van der Waals surface area contributed by atoms with E-state index in [-0.39, 0.29) is 17.1 Å². The van der Waals surface area contributed by atoms with Gasteiger partial charge in [-0.25, -0.2) is 4.98 Å². The molecule has 3 heterocycles. The first-order chi connectivity index (χ1) is 11.3. The molecule has 1 aliphatic heterocycles. The fraction of sp³-hybridized carbons (Fsp3) is 0.500. The van der Waals surface area contributed by atoms with E-state index in [4.69, 9.17) is 10.5 Å². The van der Waals surface area contributed by atoms with Crippen LogP contribution in [0.5, 0.6) is 0 Å². The summed E-state index contributed by atoms with van der Waals surface area (Å²) in [5.41, 5.74) is 3.38. The zero-order chi connectivity index (χ0) is 17.6. The predicted molar refractivity (Wildman–Crippen MR) is 82.0 cm³/mol. The molecule has 1 fully saturated rings. The van der Waals surface area contributed by atoms with Gasteiger partial charge in [0.2, 0.25) is 5.95 Å². The topological polar surface area (TPSA) is 169 Å². The minimum Gasteiger partial charge on any atom is -0.394 e. The molecule has 0 aromatic carbocycles. The first kappa shape index (κ1) is 17.4. The van der Waals surface area contributed by atoms with Crippen molar-refractivity contribution >= 4 is 35.4 Å². The fourth-order valence-electron chi connectivity index (χ4n) is 2.73. The smallest absolute Gasteiger partial charge is 0.280 e. The maximum atomic E-state index is 13.1. The van der Waals surface area contributed by atoms with Crippen molar-refractivity contribution in [1.29, 1.82) is 0 Å². The van der Waals surface area contributed by atoms with E-state index in [1.165, 1.54) is 0 Å². The number of imidazole rings is 1. The van der Waals surface area contributed by atoms with Gasteiger partial charge in [0, 0.05) is 0 Å². The Balaban J connectivity index is 2.12. The van der Waals surface area contributed by atoms with Gasteiger partial charge in [-0.05, 0) is 16.3 Å². The second-order valence-corrected chi connectivity index (χ2v) is 8.54. The average molecular weight is 381 g/mol. The summed E-state index contributed by atoms with van der Waals surface area (Å²) in [6, 6.07) is 0. The number of hydrogen-bond acceptors (Lipinski definition) is 8. The Hall–Kier alpha value is -1.47. The molecule has 2 aromatic rings. The standard InChI is InChI=1S/C10H13FN5O6PS/c11-22-5-6(23(19,20)24)3(1-17)21-9(5)16-2-13-4-7(16)14-10(12)15-8(4)18/h2-3,5-6,9,17H,1H2,(H2,19,20,24)(H3,12,14,15,18)/t3-,5+,6+,9-/m1/s1. The maximum absolute atomic E-state index is 13.1. The lowest BCUT2D eigenvalue weighted by Gasteiger charge is -2.23. The van der Waals surface area contributed by atoms with Crippen molar-refractivity contribution in [3.63, 3.8) is 0 Å². The zero-order valence-electron chi connectivity index (χ0n) is 11.8. The number of aromatic nitrogens is 4. The van der Waals surface area contributed by atoms with Crippen molar-refractivity contribution in [1.82, 2.24) is 19.5 Å². The molecular formula is C10H13FN5O6PS. The van der Waals surface area contributed by atoms with Crippen molar-refractivity contribution in [2.24, 2.45) is 0 Å². The van der Waals surface area contributed by atoms with E-state index in [0.29, 0.717) is 0 Å². The highest BCUT2D eigenvalue weighted by molar-refractivity contribution is 8.09. The molecule has 0 radical (unpaired) electrons. The molecule has 1 aliphatic rings. The molecule has 0 bridgehead atoms. The van der Waals surface area contributed by atoms with Gasteiger partial charge in [-0.2, -0.15) is 9.93 Å². The molecule has 0 unspecified atom stereocenters. The molecule has 0 spiro atoms. The molecule has 3 rings (SSSR count). The number of aromatic amines is 1. The van der Waals surface area contributed by atoms with Gasteiger partial charge in [-0.1, -0.05) is 0 Å². The van der Waals surface area contributed by atoms with Crippen molar-refractivity contribution in [3.8, 4) is 0 Å². The number of rotatable bonds is 4. The molecule has 24 heavy (non-hydrogen) atoms. The average Bonchev–Trinajstić information content (AvgIpc) is 3.06. The number of nitrogens with two attached hydrogens (primary N) is 1. The SMILES string of the molecule is Nc1nc2c(ncn2[C@@H]2O[C@H](CO)[C@H](P(O)(O)=S)[C@@H]2OF)c(=O)[nH]1. The molecular weight excluding hydrogens is 368 g/mol. The Labute approximate surface area is 137 Å². The summed E-state index contributed by atoms with van der Waals surface area (Å²) in [6.45, 7) is -4.69. The summed E-state index contributed by atoms with van der Waals surface area (Å²) in [5.74, 6) is -0.199. The number of nitrogens with zero attached hydrogens (tertiary/aromatic N) is 3. The van der Waals surface area contributed by atoms with Crippen LogP contribution >= 0.6 is 6.49 Å². The van der Waals surface area contributed by atoms with E-state index >= 15 is 0 Å². The summed E-state index contributed by atoms with van der Waals surface area (Å²) in [6.07, 6.45) is -2.90. The van der Waals surface area contributed by atoms with E-state index in [1.54, 1.807) is 0 Å². The molecule has 14 heteroatoms. The molecule has 6 N–H and O–H groups in total. The Kier molecular flexibility index (Phi) is 4.42. The third-order valence-corrected chi connectivity index (χ3v) is 5.84. The normalized spacial score (nSPS) is 27.8. The van der Waals surface area contributed by atoms with Crippen molar-refractivity contribution in [2.75, 3.05) is 12.3 Å². The van der Waals surface area contributed by atoms with Gasteiger partial charge in [0.1, 0.15) is 0 Å². The van der Waals surface area contributed by atoms with Crippen LogP contribution in [0.3, 0.4) is 0 Å². The molecule has 11 nitrogen and oxygen atoms in total. The second kappa shape index (κ2) is 6.11. The molecule has 2 aromatic heterocycles. The minimum atomic E-state index is -4.04. The molecule has 0 saturated carbocycles. The number of aliphatic hydroxyl groups is 1. The van der Waals surface area contributed by atoms with Gasteiger partial charge in [0.15, 0.2) is 30.0 Å². The zero-order valence-corrected chi connectivity index (χ0v) is 13.5. The van der Waals surface area contributed by atoms with E-state index in [2.05, 4.69) is 31.7 Å². The quantitative estimate of drug-likeness (QED) is 0.394. The Morgan fingerprint density at radius 3 is 2.88 bits per heavy atom. The number of hydrogen-bond donors (Lipinski definition) is 5. The second-order valence-electron chi connectivity index (χ2n) is 5.16.